The molecule has 0 atom stereocenters. The van der Waals surface area contributed by atoms with Crippen molar-refractivity contribution in [1.82, 2.24) is 19.1 Å². The van der Waals surface area contributed by atoms with Gasteiger partial charge in [0.25, 0.3) is 11.1 Å². The fourth-order valence-corrected chi connectivity index (χ4v) is 4.89. The second kappa shape index (κ2) is 9.81. The highest BCUT2D eigenvalue weighted by atomic mass is 32.2. The Morgan fingerprint density at radius 1 is 0.829 bits per heavy atom. The van der Waals surface area contributed by atoms with E-state index in [-0.39, 0.29) is 23.5 Å². The predicted octanol–water partition coefficient (Wildman–Crippen LogP) is 3.91. The van der Waals surface area contributed by atoms with Crippen LogP contribution < -0.4 is 11.1 Å². The van der Waals surface area contributed by atoms with Crippen LogP contribution in [-0.4, -0.2) is 30.8 Å². The normalized spacial score (nSPS) is 11.4. The first-order chi connectivity index (χ1) is 17.1. The Hall–Kier alpha value is -3.82. The molecule has 0 amide bonds. The quantitative estimate of drug-likeness (QED) is 0.276. The number of hydrogen-bond donors (Lipinski definition) is 1. The zero-order valence-electron chi connectivity index (χ0n) is 18.6. The van der Waals surface area contributed by atoms with Crippen LogP contribution >= 0.6 is 11.8 Å². The molecule has 3 aromatic carbocycles. The van der Waals surface area contributed by atoms with Gasteiger partial charge in [0, 0.05) is 13.2 Å². The van der Waals surface area contributed by atoms with Crippen LogP contribution in [0.5, 0.6) is 0 Å². The van der Waals surface area contributed by atoms with Crippen LogP contribution in [0.4, 0.5) is 4.39 Å². The molecule has 0 radical (unpaired) electrons. The van der Waals surface area contributed by atoms with Gasteiger partial charge in [0.1, 0.15) is 11.6 Å². The van der Waals surface area contributed by atoms with E-state index < -0.39 is 5.82 Å². The first kappa shape index (κ1) is 22.9. The van der Waals surface area contributed by atoms with Crippen LogP contribution in [-0.2, 0) is 12.3 Å². The van der Waals surface area contributed by atoms with Crippen molar-refractivity contribution in [2.45, 2.75) is 23.9 Å². The smallest absolute Gasteiger partial charge is 0.265 e. The maximum atomic E-state index is 13.6. The van der Waals surface area contributed by atoms with Crippen LogP contribution in [0.1, 0.15) is 12.2 Å². The van der Waals surface area contributed by atoms with Crippen molar-refractivity contribution in [1.29, 1.82) is 0 Å². The minimum Gasteiger partial charge on any atom is -0.396 e. The number of benzene rings is 3. The van der Waals surface area contributed by atoms with Crippen molar-refractivity contribution in [3.05, 3.63) is 105 Å². The Balaban J connectivity index is 1.62. The zero-order valence-corrected chi connectivity index (χ0v) is 19.4. The van der Waals surface area contributed by atoms with E-state index in [4.69, 9.17) is 4.98 Å². The number of nitrogens with zero attached hydrogens (tertiary/aromatic N) is 4. The molecule has 0 unspecified atom stereocenters. The van der Waals surface area contributed by atoms with E-state index in [1.807, 2.05) is 12.1 Å². The van der Waals surface area contributed by atoms with Crippen LogP contribution in [0.2, 0.25) is 0 Å². The van der Waals surface area contributed by atoms with Gasteiger partial charge in [-0.15, -0.1) is 0 Å². The molecule has 2 aromatic heterocycles. The summed E-state index contributed by atoms with van der Waals surface area (Å²) in [6, 6.07) is 19.8. The number of hydrogen-bond acceptors (Lipinski definition) is 6. The SMILES string of the molecule is O=c1c2ccccc2nc(SCc2nc3ccccc3c(=O)n2-c2ccc(F)cc2)n1CCCO. The summed E-state index contributed by atoms with van der Waals surface area (Å²) < 4.78 is 16.6. The lowest BCUT2D eigenvalue weighted by molar-refractivity contribution is 0.276. The summed E-state index contributed by atoms with van der Waals surface area (Å²) in [6.07, 6.45) is 0.405. The Labute approximate surface area is 203 Å². The van der Waals surface area contributed by atoms with Gasteiger partial charge in [-0.25, -0.2) is 14.4 Å². The molecule has 9 heteroatoms. The molecular formula is C26H21FN4O3S. The summed E-state index contributed by atoms with van der Waals surface area (Å²) in [7, 11) is 0. The molecule has 5 aromatic rings. The van der Waals surface area contributed by atoms with E-state index >= 15 is 0 Å². The lowest BCUT2D eigenvalue weighted by Gasteiger charge is -2.15. The third-order valence-electron chi connectivity index (χ3n) is 5.63. The van der Waals surface area contributed by atoms with Gasteiger partial charge in [-0.05, 0) is 55.0 Å². The molecular weight excluding hydrogens is 467 g/mol. The Bertz CT molecular complexity index is 1650. The zero-order chi connectivity index (χ0) is 24.4. The van der Waals surface area contributed by atoms with E-state index in [9.17, 15) is 19.1 Å². The van der Waals surface area contributed by atoms with Gasteiger partial charge < -0.3 is 5.11 Å². The van der Waals surface area contributed by atoms with Crippen LogP contribution in [0, 0.1) is 5.82 Å². The van der Waals surface area contributed by atoms with Gasteiger partial charge in [-0.1, -0.05) is 36.0 Å². The number of aliphatic hydroxyl groups is 1. The standard InChI is InChI=1S/C26H21FN4O3S/c27-17-10-12-18(13-11-17)31-23(28-21-8-3-2-7-20(21)25(31)34)16-35-26-29-22-9-4-1-6-19(22)24(33)30(26)14-5-15-32/h1-4,6-13,32H,5,14-16H2. The molecule has 0 saturated carbocycles. The lowest BCUT2D eigenvalue weighted by Crippen LogP contribution is -2.25. The van der Waals surface area contributed by atoms with Gasteiger partial charge >= 0.3 is 0 Å². The number of aromatic nitrogens is 4. The first-order valence-electron chi connectivity index (χ1n) is 11.1. The maximum Gasteiger partial charge on any atom is 0.265 e. The molecule has 0 fully saturated rings. The van der Waals surface area contributed by atoms with E-state index in [0.29, 0.717) is 51.4 Å². The number of halogens is 1. The summed E-state index contributed by atoms with van der Waals surface area (Å²) in [6.45, 7) is 0.255. The molecule has 5 rings (SSSR count). The number of fused-ring (bicyclic) bond motifs is 2. The maximum absolute atomic E-state index is 13.6. The van der Waals surface area contributed by atoms with Gasteiger partial charge in [0.2, 0.25) is 0 Å². The van der Waals surface area contributed by atoms with Gasteiger partial charge in [0.15, 0.2) is 5.16 Å². The van der Waals surface area contributed by atoms with Gasteiger partial charge in [-0.3, -0.25) is 18.7 Å². The summed E-state index contributed by atoms with van der Waals surface area (Å²) in [4.78, 5) is 35.9. The average Bonchev–Trinajstić information content (AvgIpc) is 2.88. The van der Waals surface area contributed by atoms with Crippen molar-refractivity contribution in [3.63, 3.8) is 0 Å². The number of para-hydroxylation sites is 2. The highest BCUT2D eigenvalue weighted by Crippen LogP contribution is 2.24. The monoisotopic (exact) mass is 488 g/mol. The minimum absolute atomic E-state index is 0.0558. The van der Waals surface area contributed by atoms with Crippen molar-refractivity contribution in [2.75, 3.05) is 6.61 Å². The van der Waals surface area contributed by atoms with Crippen molar-refractivity contribution >= 4 is 33.6 Å². The Morgan fingerprint density at radius 2 is 1.46 bits per heavy atom. The van der Waals surface area contributed by atoms with Gasteiger partial charge in [-0.2, -0.15) is 0 Å². The highest BCUT2D eigenvalue weighted by Gasteiger charge is 2.16. The first-order valence-corrected chi connectivity index (χ1v) is 12.1. The summed E-state index contributed by atoms with van der Waals surface area (Å²) in [5.74, 6) is 0.280. The number of thioether (sulfide) groups is 1. The summed E-state index contributed by atoms with van der Waals surface area (Å²) >= 11 is 1.28. The third kappa shape index (κ3) is 4.48. The highest BCUT2D eigenvalue weighted by molar-refractivity contribution is 7.98. The van der Waals surface area contributed by atoms with Gasteiger partial charge in [0.05, 0.1) is 33.2 Å². The van der Waals surface area contributed by atoms with Crippen LogP contribution in [0.15, 0.2) is 87.5 Å². The van der Waals surface area contributed by atoms with E-state index in [1.165, 1.54) is 40.6 Å². The van der Waals surface area contributed by atoms with Crippen molar-refractivity contribution in [2.24, 2.45) is 0 Å². The molecule has 0 aliphatic rings. The molecule has 35 heavy (non-hydrogen) atoms. The van der Waals surface area contributed by atoms with E-state index in [1.54, 1.807) is 41.0 Å². The summed E-state index contributed by atoms with van der Waals surface area (Å²) in [5, 5.41) is 10.7. The fraction of sp³-hybridized carbons (Fsp3) is 0.154. The van der Waals surface area contributed by atoms with E-state index in [2.05, 4.69) is 4.98 Å². The minimum atomic E-state index is -0.403. The lowest BCUT2D eigenvalue weighted by atomic mass is 10.2. The largest absolute Gasteiger partial charge is 0.396 e. The van der Waals surface area contributed by atoms with Crippen LogP contribution in [0.3, 0.4) is 0 Å². The molecule has 0 saturated heterocycles. The molecule has 0 spiro atoms. The molecule has 0 aliphatic heterocycles. The molecule has 0 aliphatic carbocycles. The molecule has 176 valence electrons. The predicted molar refractivity (Wildman–Crippen MR) is 135 cm³/mol. The number of rotatable bonds is 7. The molecule has 1 N–H and O–H groups in total. The van der Waals surface area contributed by atoms with E-state index in [0.717, 1.165) is 0 Å². The fourth-order valence-electron chi connectivity index (χ4n) is 3.94. The Morgan fingerprint density at radius 3 is 2.14 bits per heavy atom. The second-order valence-electron chi connectivity index (χ2n) is 7.90. The topological polar surface area (TPSA) is 90.0 Å². The Kier molecular flexibility index (Phi) is 6.43. The van der Waals surface area contributed by atoms with Crippen molar-refractivity contribution in [3.8, 4) is 5.69 Å². The summed E-state index contributed by atoms with van der Waals surface area (Å²) in [5.41, 5.74) is 1.17. The number of aliphatic hydroxyl groups excluding tert-OH is 1. The molecule has 7 nitrogen and oxygen atoms in total. The average molecular weight is 489 g/mol. The third-order valence-corrected chi connectivity index (χ3v) is 6.60. The second-order valence-corrected chi connectivity index (χ2v) is 8.84. The molecule has 0 bridgehead atoms. The van der Waals surface area contributed by atoms with Crippen molar-refractivity contribution < 1.29 is 9.50 Å². The molecule has 2 heterocycles. The van der Waals surface area contributed by atoms with Crippen LogP contribution in [0.25, 0.3) is 27.5 Å².